The fourth-order valence-corrected chi connectivity index (χ4v) is 3.83. The minimum Gasteiger partial charge on any atom is -0.466 e. The van der Waals surface area contributed by atoms with Crippen LogP contribution in [0.5, 0.6) is 0 Å². The Kier molecular flexibility index (Phi) is 5.84. The molecule has 0 spiro atoms. The Balaban J connectivity index is 1.57. The Morgan fingerprint density at radius 1 is 1.33 bits per heavy atom. The van der Waals surface area contributed by atoms with Gasteiger partial charge in [-0.15, -0.1) is 5.10 Å². The van der Waals surface area contributed by atoms with Crippen molar-refractivity contribution in [2.24, 2.45) is 5.92 Å². The van der Waals surface area contributed by atoms with Gasteiger partial charge >= 0.3 is 5.97 Å². The molecule has 7 heteroatoms. The van der Waals surface area contributed by atoms with Crippen molar-refractivity contribution in [3.8, 4) is 0 Å². The molecule has 1 aromatic heterocycles. The number of likely N-dealkylation sites (tertiary alicyclic amines) is 1. The largest absolute Gasteiger partial charge is 0.466 e. The Morgan fingerprint density at radius 3 is 2.96 bits per heavy atom. The van der Waals surface area contributed by atoms with Gasteiger partial charge in [-0.05, 0) is 39.2 Å². The van der Waals surface area contributed by atoms with Gasteiger partial charge in [-0.3, -0.25) is 9.69 Å². The lowest BCUT2D eigenvalue weighted by Crippen LogP contribution is -2.39. The van der Waals surface area contributed by atoms with Crippen molar-refractivity contribution in [3.05, 3.63) is 11.9 Å². The predicted molar refractivity (Wildman–Crippen MR) is 88.2 cm³/mol. The van der Waals surface area contributed by atoms with Crippen molar-refractivity contribution < 1.29 is 14.6 Å². The first kappa shape index (κ1) is 17.4. The third-order valence-electron chi connectivity index (χ3n) is 5.10. The summed E-state index contributed by atoms with van der Waals surface area (Å²) >= 11 is 0. The van der Waals surface area contributed by atoms with Gasteiger partial charge in [0.2, 0.25) is 0 Å². The lowest BCUT2D eigenvalue weighted by molar-refractivity contribution is -0.150. The second-order valence-electron chi connectivity index (χ2n) is 6.94. The number of aliphatic hydroxyl groups excluding tert-OH is 1. The maximum Gasteiger partial charge on any atom is 0.310 e. The molecule has 7 nitrogen and oxygen atoms in total. The molecule has 3 rings (SSSR count). The highest BCUT2D eigenvalue weighted by atomic mass is 16.5. The van der Waals surface area contributed by atoms with Gasteiger partial charge in [-0.1, -0.05) is 18.1 Å². The topological polar surface area (TPSA) is 80.5 Å². The standard InChI is InChI=1S/C17H28N4O3/c1-2-24-17(23)13-6-5-9-20(10-13)11-14-12-21(19-18-14)15-7-3-4-8-16(15)22/h12-13,15-16,22H,2-11H2,1H3/t13?,15-,16-/m1/s1. The summed E-state index contributed by atoms with van der Waals surface area (Å²) in [5.74, 6) is -0.120. The van der Waals surface area contributed by atoms with E-state index in [1.54, 1.807) is 0 Å². The lowest BCUT2D eigenvalue weighted by atomic mass is 9.93. The van der Waals surface area contributed by atoms with Gasteiger partial charge < -0.3 is 9.84 Å². The summed E-state index contributed by atoms with van der Waals surface area (Å²) in [5, 5.41) is 18.6. The van der Waals surface area contributed by atoms with E-state index in [1.165, 1.54) is 0 Å². The quantitative estimate of drug-likeness (QED) is 0.821. The molecule has 24 heavy (non-hydrogen) atoms. The fraction of sp³-hybridized carbons (Fsp3) is 0.824. The van der Waals surface area contributed by atoms with Crippen molar-refractivity contribution in [2.45, 2.75) is 64.1 Å². The van der Waals surface area contributed by atoms with Gasteiger partial charge in [0.05, 0.1) is 36.6 Å². The SMILES string of the molecule is CCOC(=O)C1CCCN(Cc2cn([C@@H]3CCCC[C@H]3O)nn2)C1. The van der Waals surface area contributed by atoms with Crippen LogP contribution < -0.4 is 0 Å². The van der Waals surface area contributed by atoms with Crippen molar-refractivity contribution >= 4 is 5.97 Å². The van der Waals surface area contributed by atoms with Crippen LogP contribution in [0.2, 0.25) is 0 Å². The molecule has 3 atom stereocenters. The maximum atomic E-state index is 11.9. The Morgan fingerprint density at radius 2 is 2.17 bits per heavy atom. The molecule has 0 bridgehead atoms. The van der Waals surface area contributed by atoms with E-state index in [2.05, 4.69) is 15.2 Å². The zero-order chi connectivity index (χ0) is 16.9. The van der Waals surface area contributed by atoms with Gasteiger partial charge in [0.25, 0.3) is 0 Å². The second-order valence-corrected chi connectivity index (χ2v) is 6.94. The molecule has 2 heterocycles. The maximum absolute atomic E-state index is 11.9. The number of aromatic nitrogens is 3. The average Bonchev–Trinajstić information content (AvgIpc) is 3.04. The molecule has 134 valence electrons. The van der Waals surface area contributed by atoms with Crippen LogP contribution in [0.25, 0.3) is 0 Å². The lowest BCUT2D eigenvalue weighted by Gasteiger charge is -2.30. The summed E-state index contributed by atoms with van der Waals surface area (Å²) < 4.78 is 6.98. The number of carbonyl (C=O) groups excluding carboxylic acids is 1. The monoisotopic (exact) mass is 336 g/mol. The second kappa shape index (κ2) is 8.07. The summed E-state index contributed by atoms with van der Waals surface area (Å²) in [6.07, 6.45) is 7.54. The first-order chi connectivity index (χ1) is 11.7. The van der Waals surface area contributed by atoms with E-state index < -0.39 is 0 Å². The first-order valence-electron chi connectivity index (χ1n) is 9.15. The van der Waals surface area contributed by atoms with Crippen LogP contribution in [0.4, 0.5) is 0 Å². The van der Waals surface area contributed by atoms with Crippen LogP contribution in [0.15, 0.2) is 6.20 Å². The summed E-state index contributed by atoms with van der Waals surface area (Å²) in [6.45, 7) is 4.66. The summed E-state index contributed by atoms with van der Waals surface area (Å²) in [4.78, 5) is 14.2. The van der Waals surface area contributed by atoms with Crippen LogP contribution in [0, 0.1) is 5.92 Å². The van der Waals surface area contributed by atoms with Crippen molar-refractivity contribution in [1.82, 2.24) is 19.9 Å². The van der Waals surface area contributed by atoms with Gasteiger partial charge in [0, 0.05) is 13.1 Å². The van der Waals surface area contributed by atoms with Crippen molar-refractivity contribution in [2.75, 3.05) is 19.7 Å². The highest BCUT2D eigenvalue weighted by Crippen LogP contribution is 2.28. The van der Waals surface area contributed by atoms with Crippen LogP contribution >= 0.6 is 0 Å². The van der Waals surface area contributed by atoms with Crippen LogP contribution in [0.3, 0.4) is 0 Å². The summed E-state index contributed by atoms with van der Waals surface area (Å²) in [7, 11) is 0. The van der Waals surface area contributed by atoms with Crippen LogP contribution in [-0.4, -0.2) is 56.8 Å². The van der Waals surface area contributed by atoms with E-state index in [1.807, 2.05) is 17.8 Å². The Hall–Kier alpha value is -1.47. The molecule has 1 aliphatic heterocycles. The molecular weight excluding hydrogens is 308 g/mol. The number of carbonyl (C=O) groups is 1. The third kappa shape index (κ3) is 4.13. The molecule has 1 aromatic rings. The number of aliphatic hydroxyl groups is 1. The zero-order valence-electron chi connectivity index (χ0n) is 14.4. The Labute approximate surface area is 143 Å². The molecule has 2 fully saturated rings. The Bertz CT molecular complexity index is 548. The highest BCUT2D eigenvalue weighted by Gasteiger charge is 2.28. The minimum absolute atomic E-state index is 0.0334. The number of rotatable bonds is 5. The molecule has 0 radical (unpaired) electrons. The smallest absolute Gasteiger partial charge is 0.310 e. The molecule has 1 saturated carbocycles. The van der Waals surface area contributed by atoms with Crippen molar-refractivity contribution in [1.29, 1.82) is 0 Å². The number of esters is 1. The molecule has 2 aliphatic rings. The van der Waals surface area contributed by atoms with E-state index in [-0.39, 0.29) is 24.0 Å². The van der Waals surface area contributed by atoms with Gasteiger partial charge in [-0.25, -0.2) is 4.68 Å². The molecule has 0 aromatic carbocycles. The predicted octanol–water partition coefficient (Wildman–Crippen LogP) is 1.53. The van der Waals surface area contributed by atoms with Gasteiger partial charge in [0.15, 0.2) is 0 Å². The summed E-state index contributed by atoms with van der Waals surface area (Å²) in [6, 6.07) is 0.0497. The number of piperidine rings is 1. The molecule has 1 aliphatic carbocycles. The van der Waals surface area contributed by atoms with Crippen LogP contribution in [0.1, 0.15) is 57.2 Å². The molecule has 1 unspecified atom stereocenters. The van der Waals surface area contributed by atoms with Gasteiger partial charge in [-0.2, -0.15) is 0 Å². The first-order valence-corrected chi connectivity index (χ1v) is 9.15. The number of ether oxygens (including phenoxy) is 1. The molecule has 0 amide bonds. The van der Waals surface area contributed by atoms with E-state index in [9.17, 15) is 9.90 Å². The van der Waals surface area contributed by atoms with E-state index >= 15 is 0 Å². The van der Waals surface area contributed by atoms with E-state index in [4.69, 9.17) is 4.74 Å². The van der Waals surface area contributed by atoms with E-state index in [0.717, 1.165) is 57.3 Å². The average molecular weight is 336 g/mol. The van der Waals surface area contributed by atoms with Crippen molar-refractivity contribution in [3.63, 3.8) is 0 Å². The van der Waals surface area contributed by atoms with E-state index in [0.29, 0.717) is 13.2 Å². The number of hydrogen-bond donors (Lipinski definition) is 1. The van der Waals surface area contributed by atoms with Crippen LogP contribution in [-0.2, 0) is 16.1 Å². The zero-order valence-corrected chi connectivity index (χ0v) is 14.4. The summed E-state index contributed by atoms with van der Waals surface area (Å²) in [5.41, 5.74) is 0.900. The number of hydrogen-bond acceptors (Lipinski definition) is 6. The third-order valence-corrected chi connectivity index (χ3v) is 5.10. The van der Waals surface area contributed by atoms with Gasteiger partial charge in [0.1, 0.15) is 0 Å². The number of nitrogens with zero attached hydrogens (tertiary/aromatic N) is 4. The molecule has 1 N–H and O–H groups in total. The normalized spacial score (nSPS) is 28.7. The minimum atomic E-state index is -0.323. The molecular formula is C17H28N4O3. The fourth-order valence-electron chi connectivity index (χ4n) is 3.83. The highest BCUT2D eigenvalue weighted by molar-refractivity contribution is 5.72. The molecule has 1 saturated heterocycles.